The van der Waals surface area contributed by atoms with Crippen molar-refractivity contribution < 1.29 is 4.79 Å². The maximum Gasteiger partial charge on any atom is 0.229 e. The van der Waals surface area contributed by atoms with Crippen LogP contribution in [-0.2, 0) is 4.79 Å². The first kappa shape index (κ1) is 16.1. The van der Waals surface area contributed by atoms with Crippen LogP contribution in [0.3, 0.4) is 0 Å². The standard InChI is InChI=1S/C18H19N5OS/c1-23-10-6-13(7-11-23)16(24)22-18-21-15-3-2-14(20-17(15)25-18)12-4-8-19-9-5-12/h2-5,8-9,13H,6-7,10-11H2,1H3,(H,21,22,24). The van der Waals surface area contributed by atoms with Gasteiger partial charge in [-0.3, -0.25) is 9.78 Å². The Kier molecular flexibility index (Phi) is 4.42. The topological polar surface area (TPSA) is 71.0 Å². The van der Waals surface area contributed by atoms with Gasteiger partial charge in [-0.25, -0.2) is 9.97 Å². The van der Waals surface area contributed by atoms with Crippen LogP contribution in [0.15, 0.2) is 36.7 Å². The van der Waals surface area contributed by atoms with E-state index in [1.54, 1.807) is 12.4 Å². The van der Waals surface area contributed by atoms with Crippen LogP contribution in [0.2, 0.25) is 0 Å². The number of hydrogen-bond donors (Lipinski definition) is 1. The van der Waals surface area contributed by atoms with Gasteiger partial charge in [-0.15, -0.1) is 0 Å². The number of nitrogens with zero attached hydrogens (tertiary/aromatic N) is 4. The first-order valence-electron chi connectivity index (χ1n) is 8.36. The average molecular weight is 353 g/mol. The summed E-state index contributed by atoms with van der Waals surface area (Å²) in [7, 11) is 2.09. The SMILES string of the molecule is CN1CCC(C(=O)Nc2nc3ccc(-c4ccncc4)nc3s2)CC1. The van der Waals surface area contributed by atoms with Crippen LogP contribution in [0, 0.1) is 5.92 Å². The lowest BCUT2D eigenvalue weighted by Gasteiger charge is -2.27. The van der Waals surface area contributed by atoms with Crippen LogP contribution < -0.4 is 5.32 Å². The molecule has 4 rings (SSSR count). The number of likely N-dealkylation sites (tertiary alicyclic amines) is 1. The number of carbonyl (C=O) groups excluding carboxylic acids is 1. The van der Waals surface area contributed by atoms with Gasteiger partial charge in [0.05, 0.1) is 5.69 Å². The van der Waals surface area contributed by atoms with E-state index < -0.39 is 0 Å². The van der Waals surface area contributed by atoms with Gasteiger partial charge in [-0.05, 0) is 57.2 Å². The summed E-state index contributed by atoms with van der Waals surface area (Å²) >= 11 is 1.42. The number of aromatic nitrogens is 3. The third-order valence-electron chi connectivity index (χ3n) is 4.55. The Balaban J connectivity index is 1.52. The van der Waals surface area contributed by atoms with Gasteiger partial charge in [0.25, 0.3) is 0 Å². The number of fused-ring (bicyclic) bond motifs is 1. The fourth-order valence-electron chi connectivity index (χ4n) is 3.03. The molecule has 1 N–H and O–H groups in total. The van der Waals surface area contributed by atoms with Crippen molar-refractivity contribution in [2.45, 2.75) is 12.8 Å². The molecule has 1 fully saturated rings. The van der Waals surface area contributed by atoms with Crippen LogP contribution in [0.4, 0.5) is 5.13 Å². The van der Waals surface area contributed by atoms with E-state index in [4.69, 9.17) is 0 Å². The first-order valence-corrected chi connectivity index (χ1v) is 9.18. The Bertz CT molecular complexity index is 887. The van der Waals surface area contributed by atoms with Crippen LogP contribution in [0.25, 0.3) is 21.6 Å². The van der Waals surface area contributed by atoms with Crippen molar-refractivity contribution >= 4 is 32.7 Å². The van der Waals surface area contributed by atoms with Crippen LogP contribution in [0.5, 0.6) is 0 Å². The minimum atomic E-state index is 0.0708. The van der Waals surface area contributed by atoms with Gasteiger partial charge < -0.3 is 10.2 Å². The van der Waals surface area contributed by atoms with Gasteiger partial charge in [0, 0.05) is 23.9 Å². The Morgan fingerprint density at radius 2 is 1.92 bits per heavy atom. The molecule has 3 aromatic rings. The van der Waals surface area contributed by atoms with Crippen molar-refractivity contribution in [2.75, 3.05) is 25.5 Å². The van der Waals surface area contributed by atoms with E-state index in [0.29, 0.717) is 5.13 Å². The predicted octanol–water partition coefficient (Wildman–Crippen LogP) is 3.03. The number of amides is 1. The van der Waals surface area contributed by atoms with E-state index in [0.717, 1.165) is 47.5 Å². The Morgan fingerprint density at radius 3 is 2.68 bits per heavy atom. The molecule has 0 atom stereocenters. The quantitative estimate of drug-likeness (QED) is 0.784. The van der Waals surface area contributed by atoms with Crippen molar-refractivity contribution in [3.63, 3.8) is 0 Å². The van der Waals surface area contributed by atoms with Gasteiger partial charge in [-0.2, -0.15) is 0 Å². The molecule has 1 aliphatic heterocycles. The number of nitrogens with one attached hydrogen (secondary N) is 1. The Morgan fingerprint density at radius 1 is 1.16 bits per heavy atom. The molecule has 128 valence electrons. The van der Waals surface area contributed by atoms with Crippen LogP contribution in [0.1, 0.15) is 12.8 Å². The monoisotopic (exact) mass is 353 g/mol. The fraction of sp³-hybridized carbons (Fsp3) is 0.333. The van der Waals surface area contributed by atoms with Crippen molar-refractivity contribution in [2.24, 2.45) is 5.92 Å². The zero-order chi connectivity index (χ0) is 17.2. The van der Waals surface area contributed by atoms with E-state index in [-0.39, 0.29) is 11.8 Å². The molecule has 0 spiro atoms. The molecule has 4 heterocycles. The average Bonchev–Trinajstić information content (AvgIpc) is 3.04. The number of thiazole rings is 1. The Labute approximate surface area is 149 Å². The van der Waals surface area contributed by atoms with Crippen LogP contribution in [-0.4, -0.2) is 45.9 Å². The van der Waals surface area contributed by atoms with E-state index in [1.165, 1.54) is 11.3 Å². The second-order valence-corrected chi connectivity index (χ2v) is 7.32. The van der Waals surface area contributed by atoms with Gasteiger partial charge in [0.2, 0.25) is 5.91 Å². The summed E-state index contributed by atoms with van der Waals surface area (Å²) < 4.78 is 0. The lowest BCUT2D eigenvalue weighted by molar-refractivity contribution is -0.121. The third-order valence-corrected chi connectivity index (χ3v) is 5.43. The number of rotatable bonds is 3. The fourth-order valence-corrected chi connectivity index (χ4v) is 3.87. The van der Waals surface area contributed by atoms with Gasteiger partial charge in [-0.1, -0.05) is 11.3 Å². The minimum Gasteiger partial charge on any atom is -0.306 e. The Hall–Kier alpha value is -2.38. The third kappa shape index (κ3) is 3.52. The van der Waals surface area contributed by atoms with E-state index in [2.05, 4.69) is 32.2 Å². The minimum absolute atomic E-state index is 0.0708. The predicted molar refractivity (Wildman–Crippen MR) is 99.5 cm³/mol. The first-order chi connectivity index (χ1) is 12.2. The molecular formula is C18H19N5OS. The van der Waals surface area contributed by atoms with Gasteiger partial charge in [0.15, 0.2) is 5.13 Å². The summed E-state index contributed by atoms with van der Waals surface area (Å²) in [5, 5.41) is 3.60. The highest BCUT2D eigenvalue weighted by atomic mass is 32.1. The van der Waals surface area contributed by atoms with E-state index in [1.807, 2.05) is 24.3 Å². The number of anilines is 1. The highest BCUT2D eigenvalue weighted by Crippen LogP contribution is 2.28. The molecule has 3 aromatic heterocycles. The number of piperidine rings is 1. The van der Waals surface area contributed by atoms with E-state index >= 15 is 0 Å². The largest absolute Gasteiger partial charge is 0.306 e. The summed E-state index contributed by atoms with van der Waals surface area (Å²) in [6.07, 6.45) is 5.30. The van der Waals surface area contributed by atoms with Crippen molar-refractivity contribution in [3.05, 3.63) is 36.7 Å². The maximum atomic E-state index is 12.4. The summed E-state index contributed by atoms with van der Waals surface area (Å²) in [6, 6.07) is 7.75. The molecule has 7 heteroatoms. The smallest absolute Gasteiger partial charge is 0.229 e. The summed E-state index contributed by atoms with van der Waals surface area (Å²) in [5.41, 5.74) is 2.70. The van der Waals surface area contributed by atoms with Crippen molar-refractivity contribution in [1.82, 2.24) is 19.9 Å². The second-order valence-electron chi connectivity index (χ2n) is 6.34. The molecule has 1 amide bonds. The van der Waals surface area contributed by atoms with Gasteiger partial charge in [0.1, 0.15) is 10.3 Å². The summed E-state index contributed by atoms with van der Waals surface area (Å²) in [5.74, 6) is 0.144. The lowest BCUT2D eigenvalue weighted by atomic mass is 9.96. The number of pyridine rings is 2. The zero-order valence-corrected chi connectivity index (χ0v) is 14.8. The molecule has 1 saturated heterocycles. The summed E-state index contributed by atoms with van der Waals surface area (Å²) in [4.78, 5) is 28.7. The molecule has 0 saturated carbocycles. The number of hydrogen-bond acceptors (Lipinski definition) is 6. The molecular weight excluding hydrogens is 334 g/mol. The number of carbonyl (C=O) groups is 1. The molecule has 0 aliphatic carbocycles. The molecule has 0 unspecified atom stereocenters. The van der Waals surface area contributed by atoms with Crippen molar-refractivity contribution in [1.29, 1.82) is 0 Å². The highest BCUT2D eigenvalue weighted by molar-refractivity contribution is 7.22. The molecule has 0 aromatic carbocycles. The maximum absolute atomic E-state index is 12.4. The van der Waals surface area contributed by atoms with Gasteiger partial charge >= 0.3 is 0 Å². The normalized spacial score (nSPS) is 16.2. The van der Waals surface area contributed by atoms with E-state index in [9.17, 15) is 4.79 Å². The molecule has 0 radical (unpaired) electrons. The van der Waals surface area contributed by atoms with Crippen molar-refractivity contribution in [3.8, 4) is 11.3 Å². The highest BCUT2D eigenvalue weighted by Gasteiger charge is 2.24. The second kappa shape index (κ2) is 6.85. The summed E-state index contributed by atoms with van der Waals surface area (Å²) in [6.45, 7) is 1.93. The zero-order valence-electron chi connectivity index (χ0n) is 14.0. The molecule has 25 heavy (non-hydrogen) atoms. The molecule has 0 bridgehead atoms. The molecule has 6 nitrogen and oxygen atoms in total. The lowest BCUT2D eigenvalue weighted by Crippen LogP contribution is -2.35. The van der Waals surface area contributed by atoms with Crippen LogP contribution >= 0.6 is 11.3 Å². The molecule has 1 aliphatic rings.